The largest absolute Gasteiger partial charge is 0.497 e. The summed E-state index contributed by atoms with van der Waals surface area (Å²) < 4.78 is 11.0. The molecular weight excluding hydrogens is 482 g/mol. The molecule has 1 aliphatic carbocycles. The van der Waals surface area contributed by atoms with Crippen molar-refractivity contribution in [2.24, 2.45) is 0 Å². The van der Waals surface area contributed by atoms with Crippen LogP contribution in [0.1, 0.15) is 29.7 Å². The maximum Gasteiger partial charge on any atom is 0.220 e. The molecule has 1 N–H and O–H groups in total. The number of rotatable bonds is 9. The lowest BCUT2D eigenvalue weighted by molar-refractivity contribution is -0.121. The summed E-state index contributed by atoms with van der Waals surface area (Å²) in [5.41, 5.74) is 10.3. The average molecular weight is 512 g/mol. The van der Waals surface area contributed by atoms with Crippen molar-refractivity contribution < 1.29 is 9.53 Å². The minimum atomic E-state index is 0.0828. The standard InChI is InChI=1S/C29H29N5O2S/c1-36-24-7-8-25-20(16-24)3-4-21-15-22(6-10-28(35)31-11-2-13-33-14-12-30-18-33)34(29(21)25)23-5-9-26-27(17-23)37-19-32-26/h5,7-9,12,14-19H,2-4,6,10-11,13H2,1H3,(H,31,35). The Labute approximate surface area is 219 Å². The number of carbonyl (C=O) groups excluding carboxylic acids is 1. The van der Waals surface area contributed by atoms with Crippen LogP contribution in [-0.4, -0.2) is 38.7 Å². The van der Waals surface area contributed by atoms with E-state index >= 15 is 0 Å². The number of aromatic nitrogens is 4. The lowest BCUT2D eigenvalue weighted by Gasteiger charge is -2.21. The van der Waals surface area contributed by atoms with E-state index < -0.39 is 0 Å². The highest BCUT2D eigenvalue weighted by molar-refractivity contribution is 7.16. The lowest BCUT2D eigenvalue weighted by atomic mass is 9.90. The number of thiazole rings is 1. The summed E-state index contributed by atoms with van der Waals surface area (Å²) in [5.74, 6) is 0.968. The number of imidazole rings is 1. The molecule has 1 amide bonds. The first-order valence-electron chi connectivity index (χ1n) is 12.7. The van der Waals surface area contributed by atoms with Gasteiger partial charge in [-0.2, -0.15) is 0 Å². The Kier molecular flexibility index (Phi) is 6.49. The quantitative estimate of drug-likeness (QED) is 0.276. The van der Waals surface area contributed by atoms with Crippen molar-refractivity contribution in [3.8, 4) is 22.7 Å². The van der Waals surface area contributed by atoms with Gasteiger partial charge in [-0.1, -0.05) is 0 Å². The SMILES string of the molecule is COc1ccc2c(c1)CCc1cc(CCC(=O)NCCCn3ccnc3)n(-c3ccc4ncsc4c3)c1-2. The molecule has 8 heteroatoms. The van der Waals surface area contributed by atoms with Gasteiger partial charge in [-0.05, 0) is 79.3 Å². The fourth-order valence-electron chi connectivity index (χ4n) is 5.21. The molecule has 0 saturated heterocycles. The number of ether oxygens (including phenoxy) is 1. The van der Waals surface area contributed by atoms with Gasteiger partial charge in [0.25, 0.3) is 0 Å². The minimum Gasteiger partial charge on any atom is -0.497 e. The Morgan fingerprint density at radius 3 is 2.92 bits per heavy atom. The number of carbonyl (C=O) groups is 1. The molecule has 188 valence electrons. The van der Waals surface area contributed by atoms with Crippen molar-refractivity contribution in [1.82, 2.24) is 24.4 Å². The van der Waals surface area contributed by atoms with Crippen molar-refractivity contribution in [2.45, 2.75) is 38.6 Å². The van der Waals surface area contributed by atoms with E-state index in [-0.39, 0.29) is 5.91 Å². The number of nitrogens with one attached hydrogen (secondary N) is 1. The molecule has 0 spiro atoms. The van der Waals surface area contributed by atoms with Gasteiger partial charge >= 0.3 is 0 Å². The van der Waals surface area contributed by atoms with Crippen LogP contribution >= 0.6 is 11.3 Å². The van der Waals surface area contributed by atoms with Crippen molar-refractivity contribution >= 4 is 27.5 Å². The predicted octanol–water partition coefficient (Wildman–Crippen LogP) is 5.20. The van der Waals surface area contributed by atoms with E-state index in [4.69, 9.17) is 4.74 Å². The number of nitrogens with zero attached hydrogens (tertiary/aromatic N) is 4. The third-order valence-corrected chi connectivity index (χ3v) is 7.83. The highest BCUT2D eigenvalue weighted by Gasteiger charge is 2.24. The monoisotopic (exact) mass is 511 g/mol. The second-order valence-electron chi connectivity index (χ2n) is 9.38. The zero-order valence-corrected chi connectivity index (χ0v) is 21.6. The van der Waals surface area contributed by atoms with Crippen LogP contribution in [0, 0.1) is 0 Å². The Hall–Kier alpha value is -3.91. The first-order valence-corrected chi connectivity index (χ1v) is 13.5. The zero-order chi connectivity index (χ0) is 25.2. The highest BCUT2D eigenvalue weighted by atomic mass is 32.1. The van der Waals surface area contributed by atoms with Crippen molar-refractivity contribution in [1.29, 1.82) is 0 Å². The Morgan fingerprint density at radius 1 is 1.14 bits per heavy atom. The maximum atomic E-state index is 12.7. The molecule has 0 radical (unpaired) electrons. The Bertz CT molecular complexity index is 1550. The van der Waals surface area contributed by atoms with Crippen LogP contribution in [-0.2, 0) is 30.6 Å². The van der Waals surface area contributed by atoms with E-state index in [1.54, 1.807) is 31.0 Å². The topological polar surface area (TPSA) is 74.0 Å². The second kappa shape index (κ2) is 10.2. The van der Waals surface area contributed by atoms with E-state index in [2.05, 4.69) is 56.3 Å². The van der Waals surface area contributed by atoms with Gasteiger partial charge < -0.3 is 19.2 Å². The van der Waals surface area contributed by atoms with Gasteiger partial charge in [0.15, 0.2) is 0 Å². The fraction of sp³-hybridized carbons (Fsp3) is 0.276. The molecular formula is C29H29N5O2S. The first kappa shape index (κ1) is 23.5. The molecule has 37 heavy (non-hydrogen) atoms. The molecule has 0 bridgehead atoms. The van der Waals surface area contributed by atoms with Gasteiger partial charge in [0.05, 0.1) is 34.9 Å². The number of amides is 1. The van der Waals surface area contributed by atoms with E-state index in [1.807, 2.05) is 22.3 Å². The van der Waals surface area contributed by atoms with Crippen LogP contribution in [0.4, 0.5) is 0 Å². The highest BCUT2D eigenvalue weighted by Crippen LogP contribution is 2.40. The molecule has 0 fully saturated rings. The summed E-state index contributed by atoms with van der Waals surface area (Å²) in [7, 11) is 1.71. The van der Waals surface area contributed by atoms with E-state index in [9.17, 15) is 4.79 Å². The molecule has 1 aliphatic rings. The zero-order valence-electron chi connectivity index (χ0n) is 20.8. The van der Waals surface area contributed by atoms with Crippen LogP contribution in [0.2, 0.25) is 0 Å². The van der Waals surface area contributed by atoms with Crippen LogP contribution in [0.3, 0.4) is 0 Å². The summed E-state index contributed by atoms with van der Waals surface area (Å²) in [6, 6.07) is 15.1. The smallest absolute Gasteiger partial charge is 0.220 e. The Morgan fingerprint density at radius 2 is 2.05 bits per heavy atom. The van der Waals surface area contributed by atoms with Crippen LogP contribution in [0.5, 0.6) is 5.75 Å². The lowest BCUT2D eigenvalue weighted by Crippen LogP contribution is -2.25. The third kappa shape index (κ3) is 4.76. The molecule has 0 atom stereocenters. The number of benzene rings is 2. The first-order chi connectivity index (χ1) is 18.2. The van der Waals surface area contributed by atoms with E-state index in [0.29, 0.717) is 19.4 Å². The molecule has 3 aromatic heterocycles. The molecule has 0 aliphatic heterocycles. The fourth-order valence-corrected chi connectivity index (χ4v) is 5.92. The number of hydrogen-bond donors (Lipinski definition) is 1. The van der Waals surface area contributed by atoms with Crippen molar-refractivity contribution in [3.05, 3.63) is 83.5 Å². The number of fused-ring (bicyclic) bond motifs is 4. The Balaban J connectivity index is 1.27. The molecule has 3 heterocycles. The van der Waals surface area contributed by atoms with Crippen LogP contribution in [0.15, 0.2) is 66.7 Å². The number of hydrogen-bond acceptors (Lipinski definition) is 5. The van der Waals surface area contributed by atoms with Gasteiger partial charge in [-0.25, -0.2) is 9.97 Å². The van der Waals surface area contributed by atoms with E-state index in [0.717, 1.165) is 53.2 Å². The maximum absolute atomic E-state index is 12.7. The van der Waals surface area contributed by atoms with E-state index in [1.165, 1.54) is 22.4 Å². The normalized spacial score (nSPS) is 12.4. The van der Waals surface area contributed by atoms with Gasteiger partial charge in [-0.3, -0.25) is 4.79 Å². The van der Waals surface area contributed by atoms with Gasteiger partial charge in [0.1, 0.15) is 5.75 Å². The van der Waals surface area contributed by atoms with Gasteiger partial charge in [-0.15, -0.1) is 11.3 Å². The summed E-state index contributed by atoms with van der Waals surface area (Å²) in [6.45, 7) is 1.51. The second-order valence-corrected chi connectivity index (χ2v) is 10.3. The number of methoxy groups -OCH3 is 1. The summed E-state index contributed by atoms with van der Waals surface area (Å²) in [5, 5.41) is 3.08. The van der Waals surface area contributed by atoms with Gasteiger partial charge in [0, 0.05) is 48.8 Å². The molecule has 7 nitrogen and oxygen atoms in total. The molecule has 0 unspecified atom stereocenters. The summed E-state index contributed by atoms with van der Waals surface area (Å²) in [4.78, 5) is 21.2. The minimum absolute atomic E-state index is 0.0828. The molecule has 6 rings (SSSR count). The van der Waals surface area contributed by atoms with Crippen molar-refractivity contribution in [3.63, 3.8) is 0 Å². The molecule has 5 aromatic rings. The predicted molar refractivity (Wildman–Crippen MR) is 147 cm³/mol. The summed E-state index contributed by atoms with van der Waals surface area (Å²) >= 11 is 1.65. The van der Waals surface area contributed by atoms with Crippen molar-refractivity contribution in [2.75, 3.05) is 13.7 Å². The average Bonchev–Trinajstić information content (AvgIpc) is 3.68. The third-order valence-electron chi connectivity index (χ3n) is 7.04. The molecule has 0 saturated carbocycles. The number of aryl methyl sites for hydroxylation is 4. The molecule has 2 aromatic carbocycles. The van der Waals surface area contributed by atoms with Crippen LogP contribution < -0.4 is 10.1 Å². The summed E-state index contributed by atoms with van der Waals surface area (Å²) in [6.07, 6.45) is 9.47. The van der Waals surface area contributed by atoms with Crippen LogP contribution in [0.25, 0.3) is 27.2 Å². The van der Waals surface area contributed by atoms with Gasteiger partial charge in [0.2, 0.25) is 5.91 Å².